The topological polar surface area (TPSA) is 55.6 Å². The molecule has 1 amide bonds. The van der Waals surface area contributed by atoms with Gasteiger partial charge in [0.2, 0.25) is 5.91 Å². The molecule has 0 bridgehead atoms. The van der Waals surface area contributed by atoms with E-state index in [1.165, 1.54) is 11.8 Å². The number of hydrazone groups is 1. The van der Waals surface area contributed by atoms with Crippen molar-refractivity contribution in [2.24, 2.45) is 5.10 Å². The molecule has 1 heterocycles. The van der Waals surface area contributed by atoms with E-state index in [4.69, 9.17) is 16.3 Å². The summed E-state index contributed by atoms with van der Waals surface area (Å²) in [5.41, 5.74) is 7.79. The lowest BCUT2D eigenvalue weighted by atomic mass is 10.2. The van der Waals surface area contributed by atoms with Crippen LogP contribution in [0, 0.1) is 13.8 Å². The molecule has 184 valence electrons. The van der Waals surface area contributed by atoms with Crippen molar-refractivity contribution >= 4 is 51.4 Å². The van der Waals surface area contributed by atoms with E-state index in [2.05, 4.69) is 31.0 Å². The highest BCUT2D eigenvalue weighted by Gasteiger charge is 2.10. The second-order valence-corrected chi connectivity index (χ2v) is 10.5. The van der Waals surface area contributed by atoms with E-state index in [1.807, 2.05) is 80.6 Å². The maximum absolute atomic E-state index is 12.2. The van der Waals surface area contributed by atoms with Crippen molar-refractivity contribution in [3.05, 3.63) is 111 Å². The van der Waals surface area contributed by atoms with Crippen LogP contribution in [0.2, 0.25) is 5.02 Å². The molecule has 0 saturated heterocycles. The van der Waals surface area contributed by atoms with Crippen LogP contribution in [0.3, 0.4) is 0 Å². The third-order valence-corrected chi connectivity index (χ3v) is 7.25. The molecular formula is C28H25BrClN3O2S. The van der Waals surface area contributed by atoms with Gasteiger partial charge in [-0.05, 0) is 86.1 Å². The van der Waals surface area contributed by atoms with Crippen molar-refractivity contribution in [1.29, 1.82) is 0 Å². The molecule has 36 heavy (non-hydrogen) atoms. The van der Waals surface area contributed by atoms with Crippen LogP contribution in [0.5, 0.6) is 5.75 Å². The Hall–Kier alpha value is -3.00. The predicted molar refractivity (Wildman–Crippen MR) is 152 cm³/mol. The molecule has 5 nitrogen and oxygen atoms in total. The van der Waals surface area contributed by atoms with Gasteiger partial charge >= 0.3 is 0 Å². The van der Waals surface area contributed by atoms with Crippen molar-refractivity contribution in [2.75, 3.05) is 5.75 Å². The Kier molecular flexibility index (Phi) is 8.91. The smallest absolute Gasteiger partial charge is 0.250 e. The molecule has 4 rings (SSSR count). The third-order valence-electron chi connectivity index (χ3n) is 5.46. The van der Waals surface area contributed by atoms with E-state index >= 15 is 0 Å². The highest BCUT2D eigenvalue weighted by atomic mass is 79.9. The predicted octanol–water partition coefficient (Wildman–Crippen LogP) is 7.33. The van der Waals surface area contributed by atoms with Gasteiger partial charge in [-0.3, -0.25) is 4.79 Å². The first-order valence-electron chi connectivity index (χ1n) is 11.3. The minimum Gasteiger partial charge on any atom is -0.489 e. The Bertz CT molecular complexity index is 1350. The first-order valence-corrected chi connectivity index (χ1v) is 13.4. The van der Waals surface area contributed by atoms with Gasteiger partial charge in [0.1, 0.15) is 12.4 Å². The van der Waals surface area contributed by atoms with Gasteiger partial charge in [0, 0.05) is 37.0 Å². The van der Waals surface area contributed by atoms with Crippen molar-refractivity contribution in [3.8, 4) is 11.4 Å². The largest absolute Gasteiger partial charge is 0.489 e. The maximum Gasteiger partial charge on any atom is 0.250 e. The van der Waals surface area contributed by atoms with Crippen LogP contribution in [0.1, 0.15) is 22.5 Å². The van der Waals surface area contributed by atoms with Crippen LogP contribution in [-0.2, 0) is 11.4 Å². The molecule has 4 aromatic rings. The third kappa shape index (κ3) is 7.03. The Morgan fingerprint density at radius 2 is 1.75 bits per heavy atom. The fourth-order valence-corrected chi connectivity index (χ4v) is 4.72. The Morgan fingerprint density at radius 3 is 2.44 bits per heavy atom. The summed E-state index contributed by atoms with van der Waals surface area (Å²) in [5, 5.41) is 4.83. The molecule has 1 aromatic heterocycles. The zero-order valence-electron chi connectivity index (χ0n) is 19.9. The zero-order valence-corrected chi connectivity index (χ0v) is 23.0. The summed E-state index contributed by atoms with van der Waals surface area (Å²) < 4.78 is 9.12. The van der Waals surface area contributed by atoms with Crippen LogP contribution in [-0.4, -0.2) is 22.4 Å². The monoisotopic (exact) mass is 581 g/mol. The van der Waals surface area contributed by atoms with E-state index in [-0.39, 0.29) is 11.7 Å². The van der Waals surface area contributed by atoms with Crippen molar-refractivity contribution < 1.29 is 9.53 Å². The SMILES string of the molecule is Cc1cc(/C=N\NC(=O)CSc2ccc(Cl)cc2)c(C)n1-c1ccc(OCc2ccc(Br)cc2)cc1. The van der Waals surface area contributed by atoms with Crippen molar-refractivity contribution in [3.63, 3.8) is 0 Å². The van der Waals surface area contributed by atoms with Crippen LogP contribution in [0.25, 0.3) is 5.69 Å². The minimum absolute atomic E-state index is 0.168. The standard InChI is InChI=1S/C28H25BrClN3O2S/c1-19-15-22(16-31-32-28(34)18-36-27-13-7-24(30)8-14-27)20(2)33(19)25-9-11-26(12-10-25)35-17-21-3-5-23(29)6-4-21/h3-16H,17-18H2,1-2H3,(H,32,34)/b31-16-. The second kappa shape index (κ2) is 12.3. The van der Waals surface area contributed by atoms with E-state index in [1.54, 1.807) is 18.3 Å². The normalized spacial score (nSPS) is 11.1. The summed E-state index contributed by atoms with van der Waals surface area (Å²) >= 11 is 10.8. The Balaban J connectivity index is 1.34. The van der Waals surface area contributed by atoms with E-state index < -0.39 is 0 Å². The number of carbonyl (C=O) groups is 1. The van der Waals surface area contributed by atoms with Gasteiger partial charge in [0.25, 0.3) is 0 Å². The fraction of sp³-hybridized carbons (Fsp3) is 0.143. The number of carbonyl (C=O) groups excluding carboxylic acids is 1. The fourth-order valence-electron chi connectivity index (χ4n) is 3.64. The number of rotatable bonds is 9. The minimum atomic E-state index is -0.168. The van der Waals surface area contributed by atoms with Crippen LogP contribution >= 0.6 is 39.3 Å². The Labute approximate surface area is 228 Å². The average Bonchev–Trinajstić information content (AvgIpc) is 3.16. The van der Waals surface area contributed by atoms with Crippen molar-refractivity contribution in [2.45, 2.75) is 25.3 Å². The number of thioether (sulfide) groups is 1. The average molecular weight is 583 g/mol. The van der Waals surface area contributed by atoms with Gasteiger partial charge in [-0.15, -0.1) is 11.8 Å². The number of aryl methyl sites for hydroxylation is 1. The summed E-state index contributed by atoms with van der Waals surface area (Å²) in [4.78, 5) is 13.1. The number of halogens is 2. The number of amides is 1. The molecule has 0 aliphatic rings. The molecule has 0 spiro atoms. The number of benzene rings is 3. The lowest BCUT2D eigenvalue weighted by Crippen LogP contribution is -2.19. The quantitative estimate of drug-likeness (QED) is 0.128. The molecule has 1 N–H and O–H groups in total. The van der Waals surface area contributed by atoms with E-state index in [0.29, 0.717) is 11.6 Å². The van der Waals surface area contributed by atoms with Gasteiger partial charge in [-0.25, -0.2) is 5.43 Å². The van der Waals surface area contributed by atoms with Gasteiger partial charge in [0.05, 0.1) is 12.0 Å². The van der Waals surface area contributed by atoms with Crippen molar-refractivity contribution in [1.82, 2.24) is 9.99 Å². The summed E-state index contributed by atoms with van der Waals surface area (Å²) in [7, 11) is 0. The summed E-state index contributed by atoms with van der Waals surface area (Å²) in [6.07, 6.45) is 1.68. The second-order valence-electron chi connectivity index (χ2n) is 8.11. The van der Waals surface area contributed by atoms with E-state index in [0.717, 1.165) is 43.3 Å². The number of aromatic nitrogens is 1. The number of nitrogens with zero attached hydrogens (tertiary/aromatic N) is 2. The first kappa shape index (κ1) is 26.1. The number of nitrogens with one attached hydrogen (secondary N) is 1. The maximum atomic E-state index is 12.2. The lowest BCUT2D eigenvalue weighted by Gasteiger charge is -2.11. The van der Waals surface area contributed by atoms with E-state index in [9.17, 15) is 4.79 Å². The number of hydrogen-bond donors (Lipinski definition) is 1. The molecule has 0 radical (unpaired) electrons. The molecule has 0 saturated carbocycles. The molecule has 0 aliphatic carbocycles. The molecule has 0 aliphatic heterocycles. The highest BCUT2D eigenvalue weighted by Crippen LogP contribution is 2.23. The van der Waals surface area contributed by atoms with Crippen LogP contribution in [0.15, 0.2) is 93.3 Å². The van der Waals surface area contributed by atoms with Gasteiger partial charge in [0.15, 0.2) is 0 Å². The van der Waals surface area contributed by atoms with Crippen LogP contribution in [0.4, 0.5) is 0 Å². The van der Waals surface area contributed by atoms with Crippen LogP contribution < -0.4 is 10.2 Å². The zero-order chi connectivity index (χ0) is 25.5. The summed E-state index contributed by atoms with van der Waals surface area (Å²) in [6.45, 7) is 4.59. The number of hydrogen-bond acceptors (Lipinski definition) is 4. The summed E-state index contributed by atoms with van der Waals surface area (Å²) in [6, 6.07) is 25.5. The van der Waals surface area contributed by atoms with Gasteiger partial charge in [-0.1, -0.05) is 39.7 Å². The lowest BCUT2D eigenvalue weighted by molar-refractivity contribution is -0.118. The molecule has 8 heteroatoms. The molecule has 3 aromatic carbocycles. The van der Waals surface area contributed by atoms with Gasteiger partial charge < -0.3 is 9.30 Å². The molecule has 0 atom stereocenters. The summed E-state index contributed by atoms with van der Waals surface area (Å²) in [5.74, 6) is 0.914. The molecular weight excluding hydrogens is 558 g/mol. The molecule has 0 fully saturated rings. The van der Waals surface area contributed by atoms with Gasteiger partial charge in [-0.2, -0.15) is 5.10 Å². The highest BCUT2D eigenvalue weighted by molar-refractivity contribution is 9.10. The Morgan fingerprint density at radius 1 is 1.06 bits per heavy atom. The first-order chi connectivity index (χ1) is 17.4. The molecule has 0 unspecified atom stereocenters. The number of ether oxygens (including phenoxy) is 1.